The average Bonchev–Trinajstić information content (AvgIpc) is 3.14. The molecule has 0 radical (unpaired) electrons. The minimum atomic E-state index is 0.0688. The van der Waals surface area contributed by atoms with Gasteiger partial charge >= 0.3 is 0 Å². The van der Waals surface area contributed by atoms with Crippen molar-refractivity contribution in [3.63, 3.8) is 0 Å². The molecule has 1 aromatic heterocycles. The van der Waals surface area contributed by atoms with Gasteiger partial charge in [-0.15, -0.1) is 0 Å². The molecule has 1 unspecified atom stereocenters. The Morgan fingerprint density at radius 2 is 2.11 bits per heavy atom. The van der Waals surface area contributed by atoms with Gasteiger partial charge in [-0.25, -0.2) is 0 Å². The maximum absolute atomic E-state index is 12.1. The third kappa shape index (κ3) is 3.72. The summed E-state index contributed by atoms with van der Waals surface area (Å²) in [6.45, 7) is 4.52. The second-order valence-corrected chi connectivity index (χ2v) is 8.14. The molecule has 1 saturated carbocycles. The van der Waals surface area contributed by atoms with Crippen molar-refractivity contribution >= 4 is 0 Å². The van der Waals surface area contributed by atoms with E-state index in [1.807, 2.05) is 37.1 Å². The molecule has 1 N–H and O–H groups in total. The minimum absolute atomic E-state index is 0.0688. The molecule has 1 aromatic rings. The lowest BCUT2D eigenvalue weighted by Crippen LogP contribution is -2.56. The zero-order chi connectivity index (χ0) is 19.7. The number of nitrogens with one attached hydrogen (secondary N) is 1. The maximum Gasteiger partial charge on any atom is 0.251 e. The third-order valence-corrected chi connectivity index (χ3v) is 6.27. The smallest absolute Gasteiger partial charge is 0.251 e. The van der Waals surface area contributed by atoms with Crippen LogP contribution in [0.25, 0.3) is 0 Å². The van der Waals surface area contributed by atoms with Crippen LogP contribution in [-0.4, -0.2) is 53.6 Å². The van der Waals surface area contributed by atoms with E-state index in [1.165, 1.54) is 6.42 Å². The van der Waals surface area contributed by atoms with Gasteiger partial charge in [0.25, 0.3) is 5.56 Å². The Kier molecular flexibility index (Phi) is 5.27. The largest absolute Gasteiger partial charge is 0.473 e. The molecule has 1 saturated heterocycles. The van der Waals surface area contributed by atoms with Crippen molar-refractivity contribution in [2.24, 2.45) is 0 Å². The standard InChI is InChI=1S/C22H28N4O2/c1-3-16-6-8-20(24-22(16)27)17-5-7-18(10-17)26-13-19(14-26)28-21-9-4-15(11-23)12-25(21)2/h4,6,8-9,17-19H,3,5,7,10,12-14H2,1-2H3,(H,24,27)/t17-,18?/m1/s1. The van der Waals surface area contributed by atoms with Gasteiger partial charge in [0.15, 0.2) is 5.88 Å². The molecule has 2 fully saturated rings. The first-order valence-electron chi connectivity index (χ1n) is 10.2. The summed E-state index contributed by atoms with van der Waals surface area (Å²) in [5, 5.41) is 8.99. The summed E-state index contributed by atoms with van der Waals surface area (Å²) in [6.07, 6.45) is 8.14. The van der Waals surface area contributed by atoms with Gasteiger partial charge in [0.05, 0.1) is 12.6 Å². The van der Waals surface area contributed by atoms with Gasteiger partial charge in [0.2, 0.25) is 0 Å². The molecule has 1 aliphatic carbocycles. The lowest BCUT2D eigenvalue weighted by Gasteiger charge is -2.44. The number of aromatic amines is 1. The van der Waals surface area contributed by atoms with Gasteiger partial charge in [0.1, 0.15) is 6.10 Å². The van der Waals surface area contributed by atoms with Gasteiger partial charge in [-0.1, -0.05) is 13.0 Å². The molecule has 4 rings (SSSR count). The van der Waals surface area contributed by atoms with Crippen LogP contribution in [0.3, 0.4) is 0 Å². The molecule has 6 nitrogen and oxygen atoms in total. The van der Waals surface area contributed by atoms with Crippen molar-refractivity contribution in [3.8, 4) is 6.07 Å². The van der Waals surface area contributed by atoms with Crippen LogP contribution in [0.4, 0.5) is 0 Å². The van der Waals surface area contributed by atoms with E-state index in [0.29, 0.717) is 18.5 Å². The molecule has 2 aliphatic heterocycles. The van der Waals surface area contributed by atoms with Crippen LogP contribution in [0.1, 0.15) is 43.4 Å². The molecule has 0 bridgehead atoms. The second kappa shape index (κ2) is 7.84. The summed E-state index contributed by atoms with van der Waals surface area (Å²) in [6, 6.07) is 6.85. The lowest BCUT2D eigenvalue weighted by molar-refractivity contribution is -0.0609. The molecule has 28 heavy (non-hydrogen) atoms. The van der Waals surface area contributed by atoms with E-state index < -0.39 is 0 Å². The number of hydrogen-bond donors (Lipinski definition) is 1. The van der Waals surface area contributed by atoms with E-state index in [1.54, 1.807) is 0 Å². The molecule has 0 spiro atoms. The second-order valence-electron chi connectivity index (χ2n) is 8.14. The highest BCUT2D eigenvalue weighted by Gasteiger charge is 2.38. The number of likely N-dealkylation sites (tertiary alicyclic amines) is 1. The molecule has 148 valence electrons. The quantitative estimate of drug-likeness (QED) is 0.850. The summed E-state index contributed by atoms with van der Waals surface area (Å²) >= 11 is 0. The number of ether oxygens (including phenoxy) is 1. The summed E-state index contributed by atoms with van der Waals surface area (Å²) in [4.78, 5) is 19.7. The molecule has 6 heteroatoms. The van der Waals surface area contributed by atoms with Crippen molar-refractivity contribution < 1.29 is 4.74 Å². The summed E-state index contributed by atoms with van der Waals surface area (Å²) < 4.78 is 6.12. The van der Waals surface area contributed by atoms with E-state index in [9.17, 15) is 4.79 Å². The monoisotopic (exact) mass is 380 g/mol. The van der Waals surface area contributed by atoms with E-state index in [-0.39, 0.29) is 11.7 Å². The first kappa shape index (κ1) is 18.8. The lowest BCUT2D eigenvalue weighted by atomic mass is 10.0. The molecule has 3 heterocycles. The fourth-order valence-corrected chi connectivity index (χ4v) is 4.51. The van der Waals surface area contributed by atoms with Crippen LogP contribution >= 0.6 is 0 Å². The predicted octanol–water partition coefficient (Wildman–Crippen LogP) is 2.51. The number of allylic oxidation sites excluding steroid dienone is 2. The van der Waals surface area contributed by atoms with Gasteiger partial charge in [-0.05, 0) is 43.9 Å². The van der Waals surface area contributed by atoms with Crippen molar-refractivity contribution in [1.82, 2.24) is 14.8 Å². The van der Waals surface area contributed by atoms with Crippen LogP contribution in [0.15, 0.2) is 40.5 Å². The van der Waals surface area contributed by atoms with Gasteiger partial charge in [0, 0.05) is 48.9 Å². The highest BCUT2D eigenvalue weighted by Crippen LogP contribution is 2.38. The average molecular weight is 380 g/mol. The van der Waals surface area contributed by atoms with Crippen LogP contribution in [0.5, 0.6) is 0 Å². The third-order valence-electron chi connectivity index (χ3n) is 6.27. The van der Waals surface area contributed by atoms with Crippen molar-refractivity contribution in [3.05, 3.63) is 57.4 Å². The molecule has 0 amide bonds. The Labute approximate surface area is 166 Å². The maximum atomic E-state index is 12.1. The van der Waals surface area contributed by atoms with E-state index >= 15 is 0 Å². The summed E-state index contributed by atoms with van der Waals surface area (Å²) in [7, 11) is 1.96. The highest BCUT2D eigenvalue weighted by atomic mass is 16.5. The highest BCUT2D eigenvalue weighted by molar-refractivity contribution is 5.31. The van der Waals surface area contributed by atoms with Crippen LogP contribution in [0, 0.1) is 11.3 Å². The number of hydrogen-bond acceptors (Lipinski definition) is 5. The number of nitriles is 1. The zero-order valence-electron chi connectivity index (χ0n) is 16.6. The van der Waals surface area contributed by atoms with Gasteiger partial charge in [-0.2, -0.15) is 5.26 Å². The molecule has 2 atom stereocenters. The molecule has 3 aliphatic rings. The SMILES string of the molecule is CCc1ccc([C@@H]2CCC(N3CC(OC4=CC=C(C#N)CN4C)C3)C2)[nH]c1=O. The number of likely N-dealkylation sites (N-methyl/N-ethyl adjacent to an activating group) is 1. The van der Waals surface area contributed by atoms with Crippen molar-refractivity contribution in [2.75, 3.05) is 26.7 Å². The topological polar surface area (TPSA) is 72.4 Å². The predicted molar refractivity (Wildman–Crippen MR) is 108 cm³/mol. The van der Waals surface area contributed by atoms with Crippen molar-refractivity contribution in [1.29, 1.82) is 5.26 Å². The Hall–Kier alpha value is -2.52. The van der Waals surface area contributed by atoms with E-state index in [2.05, 4.69) is 22.0 Å². The first-order valence-corrected chi connectivity index (χ1v) is 10.2. The molecular weight excluding hydrogens is 352 g/mol. The van der Waals surface area contributed by atoms with Crippen molar-refractivity contribution in [2.45, 2.75) is 50.7 Å². The number of aryl methyl sites for hydroxylation is 1. The normalized spacial score (nSPS) is 25.7. The van der Waals surface area contributed by atoms with Crippen LogP contribution in [0.2, 0.25) is 0 Å². The minimum Gasteiger partial charge on any atom is -0.473 e. The fraction of sp³-hybridized carbons (Fsp3) is 0.545. The summed E-state index contributed by atoms with van der Waals surface area (Å²) in [5.74, 6) is 1.30. The number of pyridine rings is 1. The number of rotatable bonds is 5. The number of aromatic nitrogens is 1. The Bertz CT molecular complexity index is 889. The Morgan fingerprint density at radius 3 is 2.79 bits per heavy atom. The fourth-order valence-electron chi connectivity index (χ4n) is 4.51. The number of nitrogens with zero attached hydrogens (tertiary/aromatic N) is 3. The molecule has 0 aromatic carbocycles. The Balaban J connectivity index is 1.29. The van der Waals surface area contributed by atoms with Gasteiger partial charge in [-0.3, -0.25) is 9.69 Å². The van der Waals surface area contributed by atoms with Gasteiger partial charge < -0.3 is 14.6 Å². The zero-order valence-corrected chi connectivity index (χ0v) is 16.6. The van der Waals surface area contributed by atoms with E-state index in [4.69, 9.17) is 10.00 Å². The number of H-pyrrole nitrogens is 1. The van der Waals surface area contributed by atoms with Crippen LogP contribution in [-0.2, 0) is 11.2 Å². The first-order chi connectivity index (χ1) is 13.6. The Morgan fingerprint density at radius 1 is 1.29 bits per heavy atom. The molecular formula is C22H28N4O2. The summed E-state index contributed by atoms with van der Waals surface area (Å²) in [5.41, 5.74) is 2.78. The van der Waals surface area contributed by atoms with Crippen LogP contribution < -0.4 is 5.56 Å². The van der Waals surface area contributed by atoms with E-state index in [0.717, 1.165) is 55.1 Å².